The van der Waals surface area contributed by atoms with Crippen LogP contribution < -0.4 is 0 Å². The van der Waals surface area contributed by atoms with E-state index in [2.05, 4.69) is 13.8 Å². The Morgan fingerprint density at radius 2 is 1.64 bits per heavy atom. The molecule has 0 heterocycles. The van der Waals surface area contributed by atoms with E-state index in [0.29, 0.717) is 30.0 Å². The van der Waals surface area contributed by atoms with E-state index in [4.69, 9.17) is 0 Å². The number of aliphatic hydroxyl groups excluding tert-OH is 2. The van der Waals surface area contributed by atoms with E-state index in [9.17, 15) is 15.0 Å². The van der Waals surface area contributed by atoms with Gasteiger partial charge in [0.05, 0.1) is 12.2 Å². The van der Waals surface area contributed by atoms with Gasteiger partial charge in [-0.2, -0.15) is 0 Å². The molecule has 3 nitrogen and oxygen atoms in total. The van der Waals surface area contributed by atoms with Gasteiger partial charge < -0.3 is 10.2 Å². The Morgan fingerprint density at radius 3 is 2.41 bits per heavy atom. The van der Waals surface area contributed by atoms with Gasteiger partial charge in [0.1, 0.15) is 5.78 Å². The largest absolute Gasteiger partial charge is 0.393 e. The van der Waals surface area contributed by atoms with Gasteiger partial charge in [0.2, 0.25) is 0 Å². The molecule has 0 saturated heterocycles. The summed E-state index contributed by atoms with van der Waals surface area (Å²) in [6, 6.07) is 0. The molecule has 0 aromatic rings. The van der Waals surface area contributed by atoms with Crippen LogP contribution in [0.5, 0.6) is 0 Å². The molecule has 0 radical (unpaired) electrons. The summed E-state index contributed by atoms with van der Waals surface area (Å²) in [6.45, 7) is 4.61. The van der Waals surface area contributed by atoms with Crippen molar-refractivity contribution in [3.05, 3.63) is 0 Å². The zero-order valence-corrected chi connectivity index (χ0v) is 13.9. The molecule has 0 unspecified atom stereocenters. The van der Waals surface area contributed by atoms with Crippen molar-refractivity contribution in [2.45, 2.75) is 77.4 Å². The topological polar surface area (TPSA) is 57.5 Å². The molecule has 4 saturated carbocycles. The summed E-state index contributed by atoms with van der Waals surface area (Å²) in [7, 11) is 0. The van der Waals surface area contributed by atoms with E-state index in [1.807, 2.05) is 0 Å². The zero-order valence-electron chi connectivity index (χ0n) is 13.9. The van der Waals surface area contributed by atoms with Gasteiger partial charge in [-0.15, -0.1) is 0 Å². The van der Waals surface area contributed by atoms with Crippen molar-refractivity contribution >= 4 is 5.78 Å². The van der Waals surface area contributed by atoms with E-state index in [0.717, 1.165) is 44.9 Å². The second-order valence-electron chi connectivity index (χ2n) is 9.18. The molecule has 0 aromatic heterocycles. The van der Waals surface area contributed by atoms with Crippen LogP contribution in [-0.2, 0) is 4.79 Å². The van der Waals surface area contributed by atoms with Crippen LogP contribution in [0.2, 0.25) is 0 Å². The number of Topliss-reactive ketones (excluding diaryl/α,β-unsaturated/α-hetero) is 1. The number of carbonyl (C=O) groups is 1. The lowest BCUT2D eigenvalue weighted by atomic mass is 9.45. The molecule has 8 atom stereocenters. The number of carbonyl (C=O) groups excluding carboxylic acids is 1. The van der Waals surface area contributed by atoms with Crippen molar-refractivity contribution < 1.29 is 15.0 Å². The van der Waals surface area contributed by atoms with E-state index in [1.54, 1.807) is 0 Å². The van der Waals surface area contributed by atoms with Crippen LogP contribution in [0.4, 0.5) is 0 Å². The van der Waals surface area contributed by atoms with Gasteiger partial charge in [0, 0.05) is 12.3 Å². The van der Waals surface area contributed by atoms with Crippen LogP contribution >= 0.6 is 0 Å². The highest BCUT2D eigenvalue weighted by Gasteiger charge is 2.62. The fourth-order valence-corrected chi connectivity index (χ4v) is 6.88. The van der Waals surface area contributed by atoms with Gasteiger partial charge in [0.15, 0.2) is 0 Å². The third-order valence-corrected chi connectivity index (χ3v) is 8.39. The van der Waals surface area contributed by atoms with Crippen LogP contribution in [0, 0.1) is 34.5 Å². The molecule has 3 heteroatoms. The lowest BCUT2D eigenvalue weighted by Gasteiger charge is -2.59. The van der Waals surface area contributed by atoms with Crippen molar-refractivity contribution in [2.24, 2.45) is 34.5 Å². The average Bonchev–Trinajstić information content (AvgIpc) is 2.77. The van der Waals surface area contributed by atoms with Gasteiger partial charge in [-0.05, 0) is 73.5 Å². The SMILES string of the molecule is C[C@]12CC[C@H](O)C[C@@H]1CC(=O)[C@H]1[C@H]2CC[C@]2(C)[C@H](O)CC[C@H]12. The van der Waals surface area contributed by atoms with Crippen molar-refractivity contribution in [1.29, 1.82) is 0 Å². The Labute approximate surface area is 133 Å². The average molecular weight is 306 g/mol. The Hall–Kier alpha value is -0.410. The predicted octanol–water partition coefficient (Wildman–Crippen LogP) is 2.93. The van der Waals surface area contributed by atoms with E-state index in [-0.39, 0.29) is 29.0 Å². The minimum absolute atomic E-state index is 0.0335. The molecule has 4 aliphatic carbocycles. The molecule has 0 spiro atoms. The van der Waals surface area contributed by atoms with Crippen LogP contribution in [0.15, 0.2) is 0 Å². The van der Waals surface area contributed by atoms with Crippen molar-refractivity contribution in [3.8, 4) is 0 Å². The molecule has 0 bridgehead atoms. The molecular weight excluding hydrogens is 276 g/mol. The molecule has 0 aromatic carbocycles. The third-order valence-electron chi connectivity index (χ3n) is 8.39. The highest BCUT2D eigenvalue weighted by Crippen LogP contribution is 2.65. The number of hydrogen-bond donors (Lipinski definition) is 2. The van der Waals surface area contributed by atoms with Crippen LogP contribution in [0.25, 0.3) is 0 Å². The maximum atomic E-state index is 13.0. The highest BCUT2D eigenvalue weighted by atomic mass is 16.3. The molecule has 4 fully saturated rings. The van der Waals surface area contributed by atoms with E-state index in [1.165, 1.54) is 0 Å². The molecule has 0 amide bonds. The monoisotopic (exact) mass is 306 g/mol. The van der Waals surface area contributed by atoms with Crippen LogP contribution in [0.3, 0.4) is 0 Å². The summed E-state index contributed by atoms with van der Waals surface area (Å²) in [5, 5.41) is 20.5. The fraction of sp³-hybridized carbons (Fsp3) is 0.947. The minimum Gasteiger partial charge on any atom is -0.393 e. The maximum Gasteiger partial charge on any atom is 0.136 e. The van der Waals surface area contributed by atoms with Gasteiger partial charge in [-0.1, -0.05) is 13.8 Å². The Morgan fingerprint density at radius 1 is 0.955 bits per heavy atom. The number of ketones is 1. The highest BCUT2D eigenvalue weighted by molar-refractivity contribution is 5.83. The first kappa shape index (κ1) is 15.1. The van der Waals surface area contributed by atoms with Gasteiger partial charge in [-0.25, -0.2) is 0 Å². The van der Waals surface area contributed by atoms with Crippen molar-refractivity contribution in [1.82, 2.24) is 0 Å². The first-order chi connectivity index (χ1) is 10.4. The second kappa shape index (κ2) is 4.80. The first-order valence-corrected chi connectivity index (χ1v) is 9.25. The zero-order chi connectivity index (χ0) is 15.7. The quantitative estimate of drug-likeness (QED) is 0.723. The lowest BCUT2D eigenvalue weighted by Crippen LogP contribution is -2.57. The van der Waals surface area contributed by atoms with E-state index >= 15 is 0 Å². The summed E-state index contributed by atoms with van der Waals surface area (Å²) in [5.41, 5.74) is 0.195. The summed E-state index contributed by atoms with van der Waals surface area (Å²) >= 11 is 0. The summed E-state index contributed by atoms with van der Waals surface area (Å²) in [5.74, 6) is 1.85. The number of rotatable bonds is 0. The molecule has 0 aliphatic heterocycles. The fourth-order valence-electron chi connectivity index (χ4n) is 6.88. The molecule has 22 heavy (non-hydrogen) atoms. The smallest absolute Gasteiger partial charge is 0.136 e. The van der Waals surface area contributed by atoms with Gasteiger partial charge in [-0.3, -0.25) is 4.79 Å². The van der Waals surface area contributed by atoms with Crippen LogP contribution in [-0.4, -0.2) is 28.2 Å². The Balaban J connectivity index is 1.69. The Kier molecular flexibility index (Phi) is 3.30. The molecule has 4 rings (SSSR count). The van der Waals surface area contributed by atoms with E-state index < -0.39 is 0 Å². The molecular formula is C19H30O3. The lowest BCUT2D eigenvalue weighted by molar-refractivity contribution is -0.162. The predicted molar refractivity (Wildman–Crippen MR) is 84.1 cm³/mol. The number of aliphatic hydroxyl groups is 2. The molecule has 2 N–H and O–H groups in total. The first-order valence-electron chi connectivity index (χ1n) is 9.25. The summed E-state index contributed by atoms with van der Waals surface area (Å²) in [6.07, 6.45) is 7.07. The Bertz CT molecular complexity index is 489. The second-order valence-corrected chi connectivity index (χ2v) is 9.18. The number of hydrogen-bond acceptors (Lipinski definition) is 3. The molecule has 124 valence electrons. The van der Waals surface area contributed by atoms with Crippen molar-refractivity contribution in [2.75, 3.05) is 0 Å². The van der Waals surface area contributed by atoms with Crippen LogP contribution in [0.1, 0.15) is 65.2 Å². The third kappa shape index (κ3) is 1.84. The summed E-state index contributed by atoms with van der Waals surface area (Å²) in [4.78, 5) is 13.0. The molecule has 4 aliphatic rings. The number of fused-ring (bicyclic) bond motifs is 5. The standard InChI is InChI=1S/C19H30O3/c1-18-7-5-12(20)9-11(18)10-15(21)17-13-3-4-16(22)19(13,2)8-6-14(17)18/h11-14,16-17,20,22H,3-10H2,1-2H3/t11-,12+,13-,14-,16-,17-,18+,19+/m1/s1. The maximum absolute atomic E-state index is 13.0. The normalized spacial score (nSPS) is 57.9. The van der Waals surface area contributed by atoms with Gasteiger partial charge >= 0.3 is 0 Å². The van der Waals surface area contributed by atoms with Gasteiger partial charge in [0.25, 0.3) is 0 Å². The minimum atomic E-state index is -0.218. The van der Waals surface area contributed by atoms with Crippen molar-refractivity contribution in [3.63, 3.8) is 0 Å². The summed E-state index contributed by atoms with van der Waals surface area (Å²) < 4.78 is 0.